The zero-order valence-electron chi connectivity index (χ0n) is 12.1. The van der Waals surface area contributed by atoms with Crippen LogP contribution in [-0.4, -0.2) is 27.8 Å². The summed E-state index contributed by atoms with van der Waals surface area (Å²) in [6.07, 6.45) is 0. The molecule has 0 radical (unpaired) electrons. The Balaban J connectivity index is 2.27. The van der Waals surface area contributed by atoms with Gasteiger partial charge in [-0.2, -0.15) is 0 Å². The van der Waals surface area contributed by atoms with Crippen molar-refractivity contribution < 1.29 is 19.7 Å². The first-order valence-electron chi connectivity index (χ1n) is 6.55. The summed E-state index contributed by atoms with van der Waals surface area (Å²) in [5.41, 5.74) is 1.15. The number of aromatic nitrogens is 1. The molecule has 0 aliphatic rings. The molecule has 0 atom stereocenters. The molecule has 112 valence electrons. The van der Waals surface area contributed by atoms with Gasteiger partial charge in [-0.25, -0.2) is 9.78 Å². The third-order valence-corrected chi connectivity index (χ3v) is 3.96. The third-order valence-electron chi connectivity index (χ3n) is 2.77. The fourth-order valence-electron chi connectivity index (χ4n) is 1.75. The van der Waals surface area contributed by atoms with Crippen LogP contribution in [0.15, 0.2) is 18.2 Å². The fourth-order valence-corrected chi connectivity index (χ4v) is 2.65. The van der Waals surface area contributed by atoms with Crippen LogP contribution in [-0.2, 0) is 0 Å². The topological polar surface area (TPSA) is 79.7 Å². The highest BCUT2D eigenvalue weighted by Crippen LogP contribution is 2.34. The van der Waals surface area contributed by atoms with Crippen LogP contribution in [0.1, 0.15) is 29.2 Å². The predicted molar refractivity (Wildman–Crippen MR) is 81.2 cm³/mol. The number of nitrogens with zero attached hydrogens (tertiary/aromatic N) is 1. The predicted octanol–water partition coefficient (Wildman–Crippen LogP) is 3.56. The van der Waals surface area contributed by atoms with Gasteiger partial charge in [-0.15, -0.1) is 11.3 Å². The van der Waals surface area contributed by atoms with Crippen molar-refractivity contribution in [2.75, 3.05) is 6.61 Å². The molecule has 0 bridgehead atoms. The summed E-state index contributed by atoms with van der Waals surface area (Å²) in [5, 5.41) is 19.6. The van der Waals surface area contributed by atoms with Gasteiger partial charge in [0.05, 0.1) is 12.3 Å². The lowest BCUT2D eigenvalue weighted by molar-refractivity contribution is 0.0701. The maximum Gasteiger partial charge on any atom is 0.347 e. The summed E-state index contributed by atoms with van der Waals surface area (Å²) < 4.78 is 5.50. The number of aromatic carboxylic acids is 1. The molecule has 1 heterocycles. The van der Waals surface area contributed by atoms with E-state index in [9.17, 15) is 9.90 Å². The van der Waals surface area contributed by atoms with Crippen molar-refractivity contribution in [1.82, 2.24) is 4.98 Å². The molecule has 0 amide bonds. The van der Waals surface area contributed by atoms with Crippen molar-refractivity contribution in [1.29, 1.82) is 0 Å². The van der Waals surface area contributed by atoms with Gasteiger partial charge in [-0.1, -0.05) is 13.8 Å². The molecule has 0 aliphatic carbocycles. The highest BCUT2D eigenvalue weighted by atomic mass is 32.1. The molecule has 1 aromatic carbocycles. The van der Waals surface area contributed by atoms with Crippen LogP contribution in [0.5, 0.6) is 11.5 Å². The summed E-state index contributed by atoms with van der Waals surface area (Å²) in [4.78, 5) is 15.5. The molecular formula is C15H17NO4S. The van der Waals surface area contributed by atoms with E-state index in [1.54, 1.807) is 25.1 Å². The van der Waals surface area contributed by atoms with E-state index < -0.39 is 5.97 Å². The van der Waals surface area contributed by atoms with Gasteiger partial charge in [0.25, 0.3) is 0 Å². The average molecular weight is 307 g/mol. The van der Waals surface area contributed by atoms with Crippen LogP contribution >= 0.6 is 11.3 Å². The number of aryl methyl sites for hydroxylation is 1. The molecule has 0 saturated heterocycles. The number of hydrogen-bond acceptors (Lipinski definition) is 5. The lowest BCUT2D eigenvalue weighted by Crippen LogP contribution is -2.04. The van der Waals surface area contributed by atoms with E-state index in [2.05, 4.69) is 4.98 Å². The normalized spacial score (nSPS) is 10.9. The van der Waals surface area contributed by atoms with Crippen molar-refractivity contribution in [3.63, 3.8) is 0 Å². The van der Waals surface area contributed by atoms with Crippen LogP contribution in [0, 0.1) is 12.8 Å². The lowest BCUT2D eigenvalue weighted by atomic mass is 10.2. The average Bonchev–Trinajstić information content (AvgIpc) is 2.79. The Bertz CT molecular complexity index is 664. The second-order valence-electron chi connectivity index (χ2n) is 5.13. The number of ether oxygens (including phenoxy) is 1. The number of phenolic OH excluding ortho intramolecular Hbond substituents is 1. The number of hydrogen-bond donors (Lipinski definition) is 2. The van der Waals surface area contributed by atoms with E-state index in [4.69, 9.17) is 9.84 Å². The molecule has 0 saturated carbocycles. The van der Waals surface area contributed by atoms with Crippen LogP contribution in [0.25, 0.3) is 10.6 Å². The van der Waals surface area contributed by atoms with E-state index in [0.717, 1.165) is 11.3 Å². The first-order chi connectivity index (χ1) is 9.88. The summed E-state index contributed by atoms with van der Waals surface area (Å²) in [6, 6.07) is 4.98. The first kappa shape index (κ1) is 15.3. The SMILES string of the molecule is Cc1nc(-c2ccc(OCC(C)C)c(O)c2)sc1C(=O)O. The molecule has 5 nitrogen and oxygen atoms in total. The van der Waals surface area contributed by atoms with Crippen LogP contribution in [0.4, 0.5) is 0 Å². The molecule has 2 rings (SSSR count). The molecule has 21 heavy (non-hydrogen) atoms. The number of thiazole rings is 1. The minimum absolute atomic E-state index is 0.0258. The summed E-state index contributed by atoms with van der Waals surface area (Å²) in [5.74, 6) is -0.182. The summed E-state index contributed by atoms with van der Waals surface area (Å²) >= 11 is 1.09. The minimum atomic E-state index is -0.989. The van der Waals surface area contributed by atoms with Crippen molar-refractivity contribution >= 4 is 17.3 Å². The minimum Gasteiger partial charge on any atom is -0.504 e. The first-order valence-corrected chi connectivity index (χ1v) is 7.37. The zero-order valence-corrected chi connectivity index (χ0v) is 12.9. The van der Waals surface area contributed by atoms with Crippen molar-refractivity contribution in [2.24, 2.45) is 5.92 Å². The van der Waals surface area contributed by atoms with Gasteiger partial charge in [-0.05, 0) is 31.0 Å². The number of carboxylic acid groups (broad SMARTS) is 1. The molecule has 6 heteroatoms. The molecule has 2 N–H and O–H groups in total. The largest absolute Gasteiger partial charge is 0.504 e. The number of phenols is 1. The van der Waals surface area contributed by atoms with Crippen LogP contribution in [0.2, 0.25) is 0 Å². The van der Waals surface area contributed by atoms with Crippen molar-refractivity contribution in [3.05, 3.63) is 28.8 Å². The summed E-state index contributed by atoms with van der Waals surface area (Å²) in [7, 11) is 0. The Morgan fingerprint density at radius 2 is 2.14 bits per heavy atom. The van der Waals surface area contributed by atoms with Crippen molar-refractivity contribution in [3.8, 4) is 22.1 Å². The number of benzene rings is 1. The number of carboxylic acids is 1. The molecular weight excluding hydrogens is 290 g/mol. The Morgan fingerprint density at radius 3 is 2.67 bits per heavy atom. The molecule has 0 aliphatic heterocycles. The molecule has 0 spiro atoms. The molecule has 0 fully saturated rings. The van der Waals surface area contributed by atoms with E-state index in [1.807, 2.05) is 13.8 Å². The fraction of sp³-hybridized carbons (Fsp3) is 0.333. The number of aromatic hydroxyl groups is 1. The third kappa shape index (κ3) is 3.52. The van der Waals surface area contributed by atoms with Gasteiger partial charge in [-0.3, -0.25) is 0 Å². The Hall–Kier alpha value is -2.08. The molecule has 1 aromatic heterocycles. The van der Waals surface area contributed by atoms with Gasteiger partial charge in [0.1, 0.15) is 9.88 Å². The van der Waals surface area contributed by atoms with Crippen molar-refractivity contribution in [2.45, 2.75) is 20.8 Å². The van der Waals surface area contributed by atoms with E-state index in [0.29, 0.717) is 34.5 Å². The van der Waals surface area contributed by atoms with Gasteiger partial charge in [0, 0.05) is 5.56 Å². The number of rotatable bonds is 5. The van der Waals surface area contributed by atoms with Gasteiger partial charge in [0.2, 0.25) is 0 Å². The summed E-state index contributed by atoms with van der Waals surface area (Å²) in [6.45, 7) is 6.23. The second-order valence-corrected chi connectivity index (χ2v) is 6.13. The molecule has 2 aromatic rings. The Labute approximate surface area is 126 Å². The smallest absolute Gasteiger partial charge is 0.347 e. The second kappa shape index (κ2) is 6.13. The van der Waals surface area contributed by atoms with E-state index in [-0.39, 0.29) is 10.6 Å². The Morgan fingerprint density at radius 1 is 1.43 bits per heavy atom. The zero-order chi connectivity index (χ0) is 15.6. The number of carbonyl (C=O) groups is 1. The standard InChI is InChI=1S/C15H17NO4S/c1-8(2)7-20-12-5-4-10(6-11(12)17)14-16-9(3)13(21-14)15(18)19/h4-6,8,17H,7H2,1-3H3,(H,18,19). The van der Waals surface area contributed by atoms with Crippen LogP contribution < -0.4 is 4.74 Å². The maximum atomic E-state index is 11.0. The van der Waals surface area contributed by atoms with Gasteiger partial charge >= 0.3 is 5.97 Å². The van der Waals surface area contributed by atoms with Gasteiger partial charge < -0.3 is 14.9 Å². The Kier molecular flexibility index (Phi) is 4.47. The maximum absolute atomic E-state index is 11.0. The quantitative estimate of drug-likeness (QED) is 0.883. The van der Waals surface area contributed by atoms with E-state index in [1.165, 1.54) is 0 Å². The highest BCUT2D eigenvalue weighted by Gasteiger charge is 2.16. The van der Waals surface area contributed by atoms with Gasteiger partial charge in [0.15, 0.2) is 11.5 Å². The molecule has 0 unspecified atom stereocenters. The van der Waals surface area contributed by atoms with E-state index >= 15 is 0 Å². The highest BCUT2D eigenvalue weighted by molar-refractivity contribution is 7.17. The lowest BCUT2D eigenvalue weighted by Gasteiger charge is -2.10. The monoisotopic (exact) mass is 307 g/mol. The van der Waals surface area contributed by atoms with Crippen LogP contribution in [0.3, 0.4) is 0 Å².